The molecule has 1 fully saturated rings. The normalized spacial score (nSPS) is 31.8. The van der Waals surface area contributed by atoms with Crippen molar-refractivity contribution in [1.29, 1.82) is 0 Å². The van der Waals surface area contributed by atoms with Gasteiger partial charge in [0.25, 0.3) is 0 Å². The number of hydrogen-bond acceptors (Lipinski definition) is 4. The van der Waals surface area contributed by atoms with Crippen LogP contribution in [0.2, 0.25) is 0 Å². The van der Waals surface area contributed by atoms with Crippen LogP contribution in [0.15, 0.2) is 12.4 Å². The van der Waals surface area contributed by atoms with E-state index in [0.717, 1.165) is 38.5 Å². The Morgan fingerprint density at radius 2 is 2.33 bits per heavy atom. The highest BCUT2D eigenvalue weighted by Gasteiger charge is 2.32. The molecular formula is C10H16N4O. The quantitative estimate of drug-likeness (QED) is 0.623. The van der Waals surface area contributed by atoms with Crippen LogP contribution in [0.5, 0.6) is 0 Å². The molecule has 15 heavy (non-hydrogen) atoms. The lowest BCUT2D eigenvalue weighted by atomic mass is 10.1. The van der Waals surface area contributed by atoms with Crippen molar-refractivity contribution in [3.05, 3.63) is 18.2 Å². The summed E-state index contributed by atoms with van der Waals surface area (Å²) in [6, 6.07) is 0.260. The molecule has 0 aliphatic carbocycles. The van der Waals surface area contributed by atoms with Crippen molar-refractivity contribution in [2.24, 2.45) is 0 Å². The third kappa shape index (κ3) is 1.56. The molecule has 0 spiro atoms. The predicted molar refractivity (Wildman–Crippen MR) is 55.3 cm³/mol. The molecule has 0 aromatic carbocycles. The maximum Gasteiger partial charge on any atom is 0.122 e. The van der Waals surface area contributed by atoms with Gasteiger partial charge in [0, 0.05) is 44.6 Å². The van der Waals surface area contributed by atoms with Gasteiger partial charge < -0.3 is 15.0 Å². The molecule has 0 amide bonds. The first-order valence-electron chi connectivity index (χ1n) is 5.47. The number of β-amino-alcohol motifs (C(OH)–C–C–N with tert-alkyl or cyclic N) is 1. The fraction of sp³-hybridized carbons (Fsp3) is 0.700. The number of aromatic nitrogens is 2. The average Bonchev–Trinajstić information content (AvgIpc) is 2.84. The molecule has 1 aromatic rings. The van der Waals surface area contributed by atoms with Gasteiger partial charge in [0.1, 0.15) is 5.82 Å². The average molecular weight is 208 g/mol. The maximum absolute atomic E-state index is 9.81. The number of fused-ring (bicyclic) bond motifs is 1. The second-order valence-electron chi connectivity index (χ2n) is 4.30. The highest BCUT2D eigenvalue weighted by atomic mass is 16.3. The van der Waals surface area contributed by atoms with Gasteiger partial charge >= 0.3 is 0 Å². The fourth-order valence-electron chi connectivity index (χ4n) is 2.50. The van der Waals surface area contributed by atoms with Crippen molar-refractivity contribution in [1.82, 2.24) is 19.8 Å². The van der Waals surface area contributed by atoms with Crippen molar-refractivity contribution in [2.75, 3.05) is 19.6 Å². The minimum absolute atomic E-state index is 0.230. The van der Waals surface area contributed by atoms with E-state index in [0.29, 0.717) is 0 Å². The summed E-state index contributed by atoms with van der Waals surface area (Å²) in [7, 11) is 0. The van der Waals surface area contributed by atoms with Gasteiger partial charge in [-0.25, -0.2) is 4.98 Å². The van der Waals surface area contributed by atoms with Crippen LogP contribution < -0.4 is 5.32 Å². The van der Waals surface area contributed by atoms with Crippen LogP contribution in [0.25, 0.3) is 0 Å². The molecule has 82 valence electrons. The lowest BCUT2D eigenvalue weighted by molar-refractivity contribution is 0.0646. The summed E-state index contributed by atoms with van der Waals surface area (Å²) in [5.41, 5.74) is 0. The lowest BCUT2D eigenvalue weighted by Gasteiger charge is -2.33. The van der Waals surface area contributed by atoms with E-state index < -0.39 is 0 Å². The minimum atomic E-state index is -0.230. The fourth-order valence-corrected chi connectivity index (χ4v) is 2.50. The van der Waals surface area contributed by atoms with E-state index in [4.69, 9.17) is 0 Å². The van der Waals surface area contributed by atoms with Crippen LogP contribution in [0.1, 0.15) is 5.82 Å². The van der Waals surface area contributed by atoms with Gasteiger partial charge in [-0.3, -0.25) is 4.90 Å². The standard InChI is InChI=1S/C10H16N4O/c15-9-6-11-5-8(9)14-4-3-13-2-1-12-10(13)7-14/h1-2,8-9,11,15H,3-7H2. The van der Waals surface area contributed by atoms with Crippen molar-refractivity contribution in [3.63, 3.8) is 0 Å². The Morgan fingerprint density at radius 3 is 3.13 bits per heavy atom. The van der Waals surface area contributed by atoms with Crippen LogP contribution in [0, 0.1) is 0 Å². The van der Waals surface area contributed by atoms with Crippen molar-refractivity contribution in [2.45, 2.75) is 25.2 Å². The molecule has 5 nitrogen and oxygen atoms in total. The van der Waals surface area contributed by atoms with Gasteiger partial charge in [-0.1, -0.05) is 0 Å². The monoisotopic (exact) mass is 208 g/mol. The molecule has 0 saturated carbocycles. The Hall–Kier alpha value is -0.910. The van der Waals surface area contributed by atoms with E-state index in [1.165, 1.54) is 0 Å². The van der Waals surface area contributed by atoms with Crippen LogP contribution in [-0.4, -0.2) is 51.3 Å². The van der Waals surface area contributed by atoms with Crippen molar-refractivity contribution in [3.8, 4) is 0 Å². The molecular weight excluding hydrogens is 192 g/mol. The second kappa shape index (κ2) is 3.59. The van der Waals surface area contributed by atoms with Gasteiger partial charge in [0.15, 0.2) is 0 Å². The molecule has 0 radical (unpaired) electrons. The predicted octanol–water partition coefficient (Wildman–Crippen LogP) is -0.969. The summed E-state index contributed by atoms with van der Waals surface area (Å²) in [6.07, 6.45) is 3.64. The van der Waals surface area contributed by atoms with E-state index in [1.807, 2.05) is 12.4 Å². The first-order chi connectivity index (χ1) is 7.34. The summed E-state index contributed by atoms with van der Waals surface area (Å²) in [5, 5.41) is 13.0. The van der Waals surface area contributed by atoms with Gasteiger partial charge in [0.05, 0.1) is 12.6 Å². The highest BCUT2D eigenvalue weighted by molar-refractivity contribution is 4.99. The third-order valence-electron chi connectivity index (χ3n) is 3.39. The molecule has 2 N–H and O–H groups in total. The van der Waals surface area contributed by atoms with Crippen LogP contribution in [-0.2, 0) is 13.1 Å². The zero-order chi connectivity index (χ0) is 10.3. The van der Waals surface area contributed by atoms with Gasteiger partial charge in [-0.15, -0.1) is 0 Å². The van der Waals surface area contributed by atoms with Gasteiger partial charge in [-0.05, 0) is 0 Å². The largest absolute Gasteiger partial charge is 0.390 e. The number of aliphatic hydroxyl groups is 1. The number of hydrogen-bond donors (Lipinski definition) is 2. The zero-order valence-corrected chi connectivity index (χ0v) is 8.63. The summed E-state index contributed by atoms with van der Waals surface area (Å²) in [6.45, 7) is 4.46. The first kappa shape index (κ1) is 9.33. The summed E-state index contributed by atoms with van der Waals surface area (Å²) < 4.78 is 2.19. The van der Waals surface area contributed by atoms with E-state index in [1.54, 1.807) is 0 Å². The first-order valence-corrected chi connectivity index (χ1v) is 5.47. The van der Waals surface area contributed by atoms with Crippen LogP contribution in [0.3, 0.4) is 0 Å². The lowest BCUT2D eigenvalue weighted by Crippen LogP contribution is -2.46. The SMILES string of the molecule is OC1CNCC1N1CCn2ccnc2C1. The van der Waals surface area contributed by atoms with Crippen LogP contribution in [0.4, 0.5) is 0 Å². The minimum Gasteiger partial charge on any atom is -0.390 e. The van der Waals surface area contributed by atoms with Crippen molar-refractivity contribution < 1.29 is 5.11 Å². The Bertz CT molecular complexity index is 351. The Labute approximate surface area is 88.7 Å². The smallest absolute Gasteiger partial charge is 0.122 e. The zero-order valence-electron chi connectivity index (χ0n) is 8.63. The van der Waals surface area contributed by atoms with Crippen LogP contribution >= 0.6 is 0 Å². The molecule has 3 rings (SSSR count). The summed E-state index contributed by atoms with van der Waals surface area (Å²) in [5.74, 6) is 1.11. The highest BCUT2D eigenvalue weighted by Crippen LogP contribution is 2.17. The molecule has 5 heteroatoms. The Kier molecular flexibility index (Phi) is 2.23. The number of imidazole rings is 1. The molecule has 2 aliphatic rings. The topological polar surface area (TPSA) is 53.3 Å². The number of nitrogens with one attached hydrogen (secondary N) is 1. The molecule has 1 aromatic heterocycles. The molecule has 2 atom stereocenters. The molecule has 1 saturated heterocycles. The van der Waals surface area contributed by atoms with E-state index in [9.17, 15) is 5.11 Å². The van der Waals surface area contributed by atoms with Gasteiger partial charge in [0.2, 0.25) is 0 Å². The van der Waals surface area contributed by atoms with E-state index in [2.05, 4.69) is 19.8 Å². The van der Waals surface area contributed by atoms with E-state index >= 15 is 0 Å². The number of aliphatic hydroxyl groups excluding tert-OH is 1. The van der Waals surface area contributed by atoms with Crippen molar-refractivity contribution >= 4 is 0 Å². The second-order valence-corrected chi connectivity index (χ2v) is 4.30. The molecule has 0 bridgehead atoms. The number of nitrogens with zero attached hydrogens (tertiary/aromatic N) is 3. The van der Waals surface area contributed by atoms with Gasteiger partial charge in [-0.2, -0.15) is 0 Å². The Balaban J connectivity index is 1.75. The maximum atomic E-state index is 9.81. The Morgan fingerprint density at radius 1 is 1.40 bits per heavy atom. The summed E-state index contributed by atoms with van der Waals surface area (Å²) in [4.78, 5) is 6.65. The molecule has 3 heterocycles. The number of rotatable bonds is 1. The molecule has 2 unspecified atom stereocenters. The van der Waals surface area contributed by atoms with E-state index in [-0.39, 0.29) is 12.1 Å². The molecule has 2 aliphatic heterocycles. The summed E-state index contributed by atoms with van der Waals surface area (Å²) >= 11 is 0. The third-order valence-corrected chi connectivity index (χ3v) is 3.39.